The minimum atomic E-state index is -0.647. The molecule has 7 nitrogen and oxygen atoms in total. The number of carbonyl (C=O) groups is 1. The number of hydrogen-bond acceptors (Lipinski definition) is 4. The van der Waals surface area contributed by atoms with Crippen molar-refractivity contribution >= 4 is 17.4 Å². The third-order valence-corrected chi connectivity index (χ3v) is 1.87. The highest BCUT2D eigenvalue weighted by Gasteiger charge is 2.08. The number of anilines is 1. The van der Waals surface area contributed by atoms with E-state index in [1.165, 1.54) is 31.2 Å². The second kappa shape index (κ2) is 5.80. The van der Waals surface area contributed by atoms with Crippen molar-refractivity contribution in [3.05, 3.63) is 34.4 Å². The molecule has 3 N–H and O–H groups in total. The van der Waals surface area contributed by atoms with Gasteiger partial charge >= 0.3 is 6.03 Å². The highest BCUT2D eigenvalue weighted by atomic mass is 16.6. The molecule has 0 unspecified atom stereocenters. The third-order valence-electron chi connectivity index (χ3n) is 1.87. The minimum absolute atomic E-state index is 0.0988. The Balaban J connectivity index is 2.59. The number of amides is 2. The summed E-state index contributed by atoms with van der Waals surface area (Å²) < 4.78 is 0. The molecule has 0 saturated heterocycles. The molecular weight excluding hydrogens is 226 g/mol. The van der Waals surface area contributed by atoms with Gasteiger partial charge in [0.2, 0.25) is 0 Å². The Hall–Kier alpha value is -2.15. The van der Waals surface area contributed by atoms with Gasteiger partial charge in [0.15, 0.2) is 0 Å². The summed E-state index contributed by atoms with van der Waals surface area (Å²) in [5.41, 5.74) is 0.223. The largest absolute Gasteiger partial charge is 0.392 e. The first kappa shape index (κ1) is 12.9. The molecule has 0 fully saturated rings. The van der Waals surface area contributed by atoms with Crippen molar-refractivity contribution in [2.45, 2.75) is 13.0 Å². The molecule has 2 amide bonds. The van der Waals surface area contributed by atoms with Gasteiger partial charge in [-0.2, -0.15) is 0 Å². The van der Waals surface area contributed by atoms with Crippen LogP contribution in [0.1, 0.15) is 6.92 Å². The van der Waals surface area contributed by atoms with Crippen molar-refractivity contribution < 1.29 is 14.8 Å². The van der Waals surface area contributed by atoms with Gasteiger partial charge in [-0.25, -0.2) is 4.79 Å². The van der Waals surface area contributed by atoms with E-state index < -0.39 is 17.1 Å². The average Bonchev–Trinajstić information content (AvgIpc) is 2.26. The number of urea groups is 1. The molecule has 17 heavy (non-hydrogen) atoms. The zero-order valence-electron chi connectivity index (χ0n) is 9.21. The number of benzene rings is 1. The molecule has 1 aromatic carbocycles. The Morgan fingerprint density at radius 3 is 2.88 bits per heavy atom. The maximum atomic E-state index is 11.3. The van der Waals surface area contributed by atoms with Gasteiger partial charge in [0.1, 0.15) is 0 Å². The van der Waals surface area contributed by atoms with Crippen LogP contribution in [0.2, 0.25) is 0 Å². The van der Waals surface area contributed by atoms with Crippen LogP contribution in [-0.4, -0.2) is 28.7 Å². The van der Waals surface area contributed by atoms with E-state index in [9.17, 15) is 14.9 Å². The zero-order chi connectivity index (χ0) is 12.8. The highest BCUT2D eigenvalue weighted by Crippen LogP contribution is 2.16. The molecule has 0 heterocycles. The lowest BCUT2D eigenvalue weighted by Crippen LogP contribution is -2.34. The van der Waals surface area contributed by atoms with Crippen LogP contribution in [0.5, 0.6) is 0 Å². The monoisotopic (exact) mass is 239 g/mol. The summed E-state index contributed by atoms with van der Waals surface area (Å²) in [6.07, 6.45) is -0.647. The van der Waals surface area contributed by atoms with Crippen LogP contribution >= 0.6 is 0 Å². The van der Waals surface area contributed by atoms with E-state index in [2.05, 4.69) is 10.6 Å². The summed E-state index contributed by atoms with van der Waals surface area (Å²) in [4.78, 5) is 21.3. The Kier molecular flexibility index (Phi) is 4.41. The lowest BCUT2D eigenvalue weighted by molar-refractivity contribution is -0.384. The number of aliphatic hydroxyl groups excluding tert-OH is 1. The Morgan fingerprint density at radius 2 is 2.29 bits per heavy atom. The molecule has 0 aliphatic rings. The number of rotatable bonds is 4. The molecule has 0 spiro atoms. The molecule has 0 aliphatic heterocycles. The number of nitrogens with zero attached hydrogens (tertiary/aromatic N) is 1. The number of aliphatic hydroxyl groups is 1. The molecule has 0 aliphatic carbocycles. The Labute approximate surface area is 97.6 Å². The summed E-state index contributed by atoms with van der Waals surface area (Å²) in [5.74, 6) is 0. The van der Waals surface area contributed by atoms with Gasteiger partial charge in [-0.05, 0) is 13.0 Å². The first-order chi connectivity index (χ1) is 7.99. The molecule has 0 aromatic heterocycles. The van der Waals surface area contributed by atoms with Gasteiger partial charge in [-0.15, -0.1) is 0 Å². The van der Waals surface area contributed by atoms with E-state index >= 15 is 0 Å². The van der Waals surface area contributed by atoms with Crippen molar-refractivity contribution in [2.24, 2.45) is 0 Å². The maximum absolute atomic E-state index is 11.3. The topological polar surface area (TPSA) is 104 Å². The molecule has 1 aromatic rings. The third kappa shape index (κ3) is 4.47. The lowest BCUT2D eigenvalue weighted by Gasteiger charge is -2.08. The Morgan fingerprint density at radius 1 is 1.59 bits per heavy atom. The van der Waals surface area contributed by atoms with Crippen LogP contribution in [0.4, 0.5) is 16.2 Å². The van der Waals surface area contributed by atoms with Gasteiger partial charge in [0.05, 0.1) is 11.0 Å². The molecule has 0 saturated carbocycles. The average molecular weight is 239 g/mol. The minimum Gasteiger partial charge on any atom is -0.392 e. The van der Waals surface area contributed by atoms with E-state index in [0.29, 0.717) is 5.69 Å². The predicted octanol–water partition coefficient (Wildman–Crippen LogP) is 1.10. The van der Waals surface area contributed by atoms with E-state index in [1.807, 2.05) is 0 Å². The van der Waals surface area contributed by atoms with Crippen LogP contribution in [0.3, 0.4) is 0 Å². The summed E-state index contributed by atoms with van der Waals surface area (Å²) in [5, 5.41) is 24.3. The van der Waals surface area contributed by atoms with E-state index in [-0.39, 0.29) is 12.2 Å². The van der Waals surface area contributed by atoms with Gasteiger partial charge in [-0.1, -0.05) is 6.07 Å². The number of carbonyl (C=O) groups excluding carboxylic acids is 1. The quantitative estimate of drug-likeness (QED) is 0.540. The first-order valence-electron chi connectivity index (χ1n) is 4.96. The fraction of sp³-hybridized carbons (Fsp3) is 0.300. The smallest absolute Gasteiger partial charge is 0.319 e. The number of non-ortho nitro benzene ring substituents is 1. The first-order valence-corrected chi connectivity index (χ1v) is 4.96. The van der Waals surface area contributed by atoms with Crippen molar-refractivity contribution in [2.75, 3.05) is 11.9 Å². The molecule has 0 bridgehead atoms. The second-order valence-electron chi connectivity index (χ2n) is 3.49. The van der Waals surface area contributed by atoms with E-state index in [4.69, 9.17) is 5.11 Å². The molecule has 7 heteroatoms. The summed E-state index contributed by atoms with van der Waals surface area (Å²) >= 11 is 0. The van der Waals surface area contributed by atoms with Crippen LogP contribution in [0.15, 0.2) is 24.3 Å². The van der Waals surface area contributed by atoms with Crippen LogP contribution in [0, 0.1) is 10.1 Å². The van der Waals surface area contributed by atoms with Gasteiger partial charge in [0, 0.05) is 24.4 Å². The number of nitrogens with one attached hydrogen (secondary N) is 2. The molecule has 1 rings (SSSR count). The highest BCUT2D eigenvalue weighted by molar-refractivity contribution is 5.89. The van der Waals surface area contributed by atoms with Crippen molar-refractivity contribution in [1.29, 1.82) is 0 Å². The SMILES string of the molecule is C[C@@H](O)CNC(=O)Nc1cccc([N+](=O)[O-])c1. The normalized spacial score (nSPS) is 11.6. The number of nitro groups is 1. The Bertz CT molecular complexity index is 420. The maximum Gasteiger partial charge on any atom is 0.319 e. The molecule has 92 valence electrons. The van der Waals surface area contributed by atoms with Gasteiger partial charge in [0.25, 0.3) is 5.69 Å². The van der Waals surface area contributed by atoms with Crippen molar-refractivity contribution in [1.82, 2.24) is 5.32 Å². The fourth-order valence-corrected chi connectivity index (χ4v) is 1.11. The number of hydrogen-bond donors (Lipinski definition) is 3. The summed E-state index contributed by atoms with van der Waals surface area (Å²) in [6.45, 7) is 1.65. The standard InChI is InChI=1S/C10H13N3O4/c1-7(14)6-11-10(15)12-8-3-2-4-9(5-8)13(16)17/h2-5,7,14H,6H2,1H3,(H2,11,12,15)/t7-/m1/s1. The second-order valence-corrected chi connectivity index (χ2v) is 3.49. The fourth-order valence-electron chi connectivity index (χ4n) is 1.11. The summed E-state index contributed by atoms with van der Waals surface area (Å²) in [6, 6.07) is 5.07. The van der Waals surface area contributed by atoms with Gasteiger partial charge < -0.3 is 15.7 Å². The van der Waals surface area contributed by atoms with Gasteiger partial charge in [-0.3, -0.25) is 10.1 Å². The van der Waals surface area contributed by atoms with E-state index in [0.717, 1.165) is 0 Å². The van der Waals surface area contributed by atoms with E-state index in [1.54, 1.807) is 0 Å². The van der Waals surface area contributed by atoms with Crippen LogP contribution < -0.4 is 10.6 Å². The predicted molar refractivity (Wildman–Crippen MR) is 61.8 cm³/mol. The lowest BCUT2D eigenvalue weighted by atomic mass is 10.3. The summed E-state index contributed by atoms with van der Waals surface area (Å²) in [7, 11) is 0. The molecular formula is C10H13N3O4. The van der Waals surface area contributed by atoms with Crippen LogP contribution in [0.25, 0.3) is 0 Å². The van der Waals surface area contributed by atoms with Crippen molar-refractivity contribution in [3.8, 4) is 0 Å². The van der Waals surface area contributed by atoms with Crippen molar-refractivity contribution in [3.63, 3.8) is 0 Å². The van der Waals surface area contributed by atoms with Crippen LogP contribution in [-0.2, 0) is 0 Å². The zero-order valence-corrected chi connectivity index (χ0v) is 9.21. The molecule has 0 radical (unpaired) electrons. The molecule has 1 atom stereocenters. The number of nitro benzene ring substituents is 1.